The lowest BCUT2D eigenvalue weighted by Crippen LogP contribution is -2.45. The number of imidazole rings is 1. The Labute approximate surface area is 130 Å². The summed E-state index contributed by atoms with van der Waals surface area (Å²) in [6.45, 7) is 6.61. The van der Waals surface area contributed by atoms with Crippen LogP contribution in [0.4, 0.5) is 0 Å². The van der Waals surface area contributed by atoms with Crippen molar-refractivity contribution in [1.29, 1.82) is 0 Å². The third-order valence-electron chi connectivity index (χ3n) is 4.66. The highest BCUT2D eigenvalue weighted by atomic mass is 35.5. The molecule has 5 heteroatoms. The topological polar surface area (TPSA) is 33.1 Å². The molecule has 2 aliphatic rings. The molecule has 1 N–H and O–H groups in total. The predicted molar refractivity (Wildman–Crippen MR) is 85.9 cm³/mol. The van der Waals surface area contributed by atoms with Crippen molar-refractivity contribution in [3.63, 3.8) is 0 Å². The minimum Gasteiger partial charge on any atom is -0.323 e. The molecule has 112 valence electrons. The van der Waals surface area contributed by atoms with Crippen molar-refractivity contribution in [3.05, 3.63) is 29.0 Å². The molecule has 0 bridgehead atoms. The summed E-state index contributed by atoms with van der Waals surface area (Å²) in [6.07, 6.45) is 2.53. The molecule has 1 atom stereocenters. The first-order valence-corrected chi connectivity index (χ1v) is 8.24. The number of rotatable bonds is 3. The molecule has 1 saturated heterocycles. The zero-order chi connectivity index (χ0) is 14.4. The van der Waals surface area contributed by atoms with Gasteiger partial charge in [-0.3, -0.25) is 4.90 Å². The van der Waals surface area contributed by atoms with E-state index >= 15 is 0 Å². The SMILES string of the molecule is CC(c1nc2ccc(Cl)cc2n1C1CC1)N1CCNCC1. The number of piperazine rings is 1. The van der Waals surface area contributed by atoms with Crippen molar-refractivity contribution in [2.75, 3.05) is 26.2 Å². The Balaban J connectivity index is 1.78. The van der Waals surface area contributed by atoms with Crippen LogP contribution in [0.2, 0.25) is 5.02 Å². The highest BCUT2D eigenvalue weighted by Crippen LogP contribution is 2.41. The molecule has 1 saturated carbocycles. The summed E-state index contributed by atoms with van der Waals surface area (Å²) in [6, 6.07) is 7.03. The highest BCUT2D eigenvalue weighted by Gasteiger charge is 2.31. The minimum atomic E-state index is 0.360. The van der Waals surface area contributed by atoms with E-state index in [9.17, 15) is 0 Å². The fourth-order valence-electron chi connectivity index (χ4n) is 3.33. The summed E-state index contributed by atoms with van der Waals surface area (Å²) in [4.78, 5) is 7.46. The Morgan fingerprint density at radius 2 is 2.05 bits per heavy atom. The number of nitrogens with zero attached hydrogens (tertiary/aromatic N) is 3. The standard InChI is InChI=1S/C16H21ClN4/c1-11(20-8-6-18-7-9-20)16-19-14-5-2-12(17)10-15(14)21(16)13-3-4-13/h2,5,10-11,13,18H,3-4,6-9H2,1H3. The first-order valence-electron chi connectivity index (χ1n) is 7.86. The lowest BCUT2D eigenvalue weighted by Gasteiger charge is -2.32. The zero-order valence-corrected chi connectivity index (χ0v) is 13.1. The zero-order valence-electron chi connectivity index (χ0n) is 12.3. The van der Waals surface area contributed by atoms with Gasteiger partial charge in [0.05, 0.1) is 17.1 Å². The lowest BCUT2D eigenvalue weighted by atomic mass is 10.2. The Morgan fingerprint density at radius 3 is 2.76 bits per heavy atom. The first kappa shape index (κ1) is 13.6. The quantitative estimate of drug-likeness (QED) is 0.946. The second-order valence-electron chi connectivity index (χ2n) is 6.17. The molecule has 2 fully saturated rings. The summed E-state index contributed by atoms with van der Waals surface area (Å²) in [5.41, 5.74) is 2.27. The van der Waals surface area contributed by atoms with Crippen molar-refractivity contribution in [2.45, 2.75) is 31.8 Å². The fourth-order valence-corrected chi connectivity index (χ4v) is 3.50. The van der Waals surface area contributed by atoms with E-state index in [0.717, 1.165) is 36.7 Å². The highest BCUT2D eigenvalue weighted by molar-refractivity contribution is 6.31. The number of hydrogen-bond donors (Lipinski definition) is 1. The molecule has 0 radical (unpaired) electrons. The van der Waals surface area contributed by atoms with Crippen LogP contribution >= 0.6 is 11.6 Å². The van der Waals surface area contributed by atoms with Gasteiger partial charge in [0.2, 0.25) is 0 Å². The van der Waals surface area contributed by atoms with E-state index in [0.29, 0.717) is 12.1 Å². The molecular weight excluding hydrogens is 284 g/mol. The van der Waals surface area contributed by atoms with Crippen LogP contribution in [0, 0.1) is 0 Å². The van der Waals surface area contributed by atoms with Crippen molar-refractivity contribution >= 4 is 22.6 Å². The number of benzene rings is 1. The van der Waals surface area contributed by atoms with Gasteiger partial charge in [0, 0.05) is 37.2 Å². The number of nitrogens with one attached hydrogen (secondary N) is 1. The molecule has 2 heterocycles. The van der Waals surface area contributed by atoms with E-state index in [1.165, 1.54) is 24.2 Å². The summed E-state index contributed by atoms with van der Waals surface area (Å²) in [5, 5.41) is 4.22. The fraction of sp³-hybridized carbons (Fsp3) is 0.562. The monoisotopic (exact) mass is 304 g/mol. The molecule has 1 aromatic heterocycles. The molecule has 1 aliphatic heterocycles. The van der Waals surface area contributed by atoms with Crippen molar-refractivity contribution in [3.8, 4) is 0 Å². The van der Waals surface area contributed by atoms with Gasteiger partial charge < -0.3 is 9.88 Å². The van der Waals surface area contributed by atoms with Gasteiger partial charge in [0.25, 0.3) is 0 Å². The van der Waals surface area contributed by atoms with Crippen LogP contribution < -0.4 is 5.32 Å². The largest absolute Gasteiger partial charge is 0.323 e. The molecule has 21 heavy (non-hydrogen) atoms. The summed E-state index contributed by atoms with van der Waals surface area (Å²) in [5.74, 6) is 1.21. The number of fused-ring (bicyclic) bond motifs is 1. The van der Waals surface area contributed by atoms with Crippen LogP contribution in [0.3, 0.4) is 0 Å². The van der Waals surface area contributed by atoms with E-state index < -0.39 is 0 Å². The first-order chi connectivity index (χ1) is 10.2. The van der Waals surface area contributed by atoms with Crippen LogP contribution in [0.1, 0.15) is 37.7 Å². The van der Waals surface area contributed by atoms with Gasteiger partial charge in [-0.15, -0.1) is 0 Å². The van der Waals surface area contributed by atoms with E-state index in [4.69, 9.17) is 16.6 Å². The average Bonchev–Trinajstić information content (AvgIpc) is 3.28. The third kappa shape index (κ3) is 2.45. The van der Waals surface area contributed by atoms with E-state index in [1.807, 2.05) is 12.1 Å². The van der Waals surface area contributed by atoms with Crippen LogP contribution in [-0.4, -0.2) is 40.6 Å². The van der Waals surface area contributed by atoms with Crippen molar-refractivity contribution in [1.82, 2.24) is 19.8 Å². The van der Waals surface area contributed by atoms with Crippen LogP contribution in [0.5, 0.6) is 0 Å². The van der Waals surface area contributed by atoms with Crippen LogP contribution in [0.15, 0.2) is 18.2 Å². The molecule has 1 unspecified atom stereocenters. The molecule has 1 aliphatic carbocycles. The maximum atomic E-state index is 6.19. The average molecular weight is 305 g/mol. The minimum absolute atomic E-state index is 0.360. The Hall–Kier alpha value is -1.10. The maximum absolute atomic E-state index is 6.19. The second-order valence-corrected chi connectivity index (χ2v) is 6.60. The number of aromatic nitrogens is 2. The van der Waals surface area contributed by atoms with Crippen molar-refractivity contribution in [2.24, 2.45) is 0 Å². The van der Waals surface area contributed by atoms with Gasteiger partial charge >= 0.3 is 0 Å². The summed E-state index contributed by atoms with van der Waals surface area (Å²) < 4.78 is 2.44. The van der Waals surface area contributed by atoms with E-state index in [1.54, 1.807) is 0 Å². The van der Waals surface area contributed by atoms with Crippen LogP contribution in [-0.2, 0) is 0 Å². The summed E-state index contributed by atoms with van der Waals surface area (Å²) >= 11 is 6.19. The van der Waals surface area contributed by atoms with Gasteiger partial charge in [0.15, 0.2) is 0 Å². The van der Waals surface area contributed by atoms with Gasteiger partial charge in [-0.25, -0.2) is 4.98 Å². The lowest BCUT2D eigenvalue weighted by molar-refractivity contribution is 0.176. The molecule has 2 aromatic rings. The van der Waals surface area contributed by atoms with E-state index in [2.05, 4.69) is 27.8 Å². The van der Waals surface area contributed by atoms with Gasteiger partial charge in [-0.1, -0.05) is 11.6 Å². The molecule has 4 nitrogen and oxygen atoms in total. The van der Waals surface area contributed by atoms with Gasteiger partial charge in [0.1, 0.15) is 5.82 Å². The second kappa shape index (κ2) is 5.27. The Morgan fingerprint density at radius 1 is 1.29 bits per heavy atom. The van der Waals surface area contributed by atoms with E-state index in [-0.39, 0.29) is 0 Å². The number of hydrogen-bond acceptors (Lipinski definition) is 3. The normalized spacial score (nSPS) is 21.8. The van der Waals surface area contributed by atoms with Gasteiger partial charge in [-0.2, -0.15) is 0 Å². The predicted octanol–water partition coefficient (Wildman–Crippen LogP) is 2.99. The molecule has 0 amide bonds. The molecular formula is C16H21ClN4. The maximum Gasteiger partial charge on any atom is 0.127 e. The third-order valence-corrected chi connectivity index (χ3v) is 4.90. The molecule has 1 aromatic carbocycles. The van der Waals surface area contributed by atoms with Crippen LogP contribution in [0.25, 0.3) is 11.0 Å². The van der Waals surface area contributed by atoms with Crippen molar-refractivity contribution < 1.29 is 0 Å². The smallest absolute Gasteiger partial charge is 0.127 e. The summed E-state index contributed by atoms with van der Waals surface area (Å²) in [7, 11) is 0. The Bertz CT molecular complexity index is 656. The Kier molecular flexibility index (Phi) is 3.40. The van der Waals surface area contributed by atoms with Gasteiger partial charge in [-0.05, 0) is 38.0 Å². The number of halogens is 1. The molecule has 0 spiro atoms. The molecule has 4 rings (SSSR count).